The van der Waals surface area contributed by atoms with Crippen LogP contribution in [0.15, 0.2) is 30.5 Å². The van der Waals surface area contributed by atoms with E-state index in [1.165, 1.54) is 0 Å². The standard InChI is InChI=1S/C21H26N2O3/c1-6-17(11-21(24)25-7-2)19-9-8-18(10-14(19)3)26-13-20-16(5)23-15(4)12-22-20/h6,8-10,12H,7,11,13H2,1-5H3/b17-6-. The Kier molecular flexibility index (Phi) is 6.89. The molecule has 138 valence electrons. The van der Waals surface area contributed by atoms with E-state index >= 15 is 0 Å². The van der Waals surface area contributed by atoms with Crippen LogP contribution in [0, 0.1) is 20.8 Å². The zero-order valence-corrected chi connectivity index (χ0v) is 16.1. The number of nitrogens with zero attached hydrogens (tertiary/aromatic N) is 2. The van der Waals surface area contributed by atoms with E-state index in [-0.39, 0.29) is 12.4 Å². The number of aromatic nitrogens is 2. The maximum absolute atomic E-state index is 11.8. The second kappa shape index (κ2) is 9.13. The molecule has 5 heteroatoms. The fraction of sp³-hybridized carbons (Fsp3) is 0.381. The summed E-state index contributed by atoms with van der Waals surface area (Å²) < 4.78 is 10.9. The quantitative estimate of drug-likeness (QED) is 0.692. The lowest BCUT2D eigenvalue weighted by Gasteiger charge is -2.13. The molecule has 0 unspecified atom stereocenters. The predicted octanol–water partition coefficient (Wildman–Crippen LogP) is 4.34. The number of allylic oxidation sites excluding steroid dienone is 1. The van der Waals surface area contributed by atoms with Gasteiger partial charge in [0.25, 0.3) is 0 Å². The summed E-state index contributed by atoms with van der Waals surface area (Å²) in [5, 5.41) is 0. The molecule has 0 amide bonds. The number of rotatable bonds is 7. The number of carbonyl (C=O) groups excluding carboxylic acids is 1. The summed E-state index contributed by atoms with van der Waals surface area (Å²) in [5.74, 6) is 0.549. The van der Waals surface area contributed by atoms with Crippen molar-refractivity contribution < 1.29 is 14.3 Å². The SMILES string of the molecule is C/C=C(/CC(=O)OCC)c1ccc(OCc2ncc(C)nc2C)cc1C. The van der Waals surface area contributed by atoms with Crippen LogP contribution in [0.4, 0.5) is 0 Å². The van der Waals surface area contributed by atoms with Crippen LogP contribution in [-0.2, 0) is 16.1 Å². The zero-order valence-electron chi connectivity index (χ0n) is 16.1. The molecule has 0 aliphatic carbocycles. The van der Waals surface area contributed by atoms with E-state index in [4.69, 9.17) is 9.47 Å². The summed E-state index contributed by atoms with van der Waals surface area (Å²) in [6.07, 6.45) is 3.96. The zero-order chi connectivity index (χ0) is 19.1. The van der Waals surface area contributed by atoms with Crippen LogP contribution in [-0.4, -0.2) is 22.5 Å². The average Bonchev–Trinajstić information content (AvgIpc) is 2.59. The first-order valence-corrected chi connectivity index (χ1v) is 8.78. The molecule has 0 saturated carbocycles. The lowest BCUT2D eigenvalue weighted by Crippen LogP contribution is -2.06. The topological polar surface area (TPSA) is 61.3 Å². The van der Waals surface area contributed by atoms with Crippen molar-refractivity contribution in [3.05, 3.63) is 58.7 Å². The molecule has 1 aromatic carbocycles. The van der Waals surface area contributed by atoms with E-state index in [9.17, 15) is 4.79 Å². The third-order valence-corrected chi connectivity index (χ3v) is 4.08. The Morgan fingerprint density at radius 3 is 2.62 bits per heavy atom. The first-order chi connectivity index (χ1) is 12.4. The van der Waals surface area contributed by atoms with Crippen LogP contribution in [0.25, 0.3) is 5.57 Å². The van der Waals surface area contributed by atoms with Gasteiger partial charge in [0.15, 0.2) is 0 Å². The summed E-state index contributed by atoms with van der Waals surface area (Å²) in [7, 11) is 0. The molecule has 0 bridgehead atoms. The van der Waals surface area contributed by atoms with Crippen molar-refractivity contribution in [2.45, 2.75) is 47.6 Å². The van der Waals surface area contributed by atoms with Crippen LogP contribution < -0.4 is 4.74 Å². The Morgan fingerprint density at radius 2 is 2.00 bits per heavy atom. The summed E-state index contributed by atoms with van der Waals surface area (Å²) in [6.45, 7) is 10.4. The van der Waals surface area contributed by atoms with Gasteiger partial charge >= 0.3 is 5.97 Å². The second-order valence-electron chi connectivity index (χ2n) is 6.10. The van der Waals surface area contributed by atoms with Gasteiger partial charge in [-0.25, -0.2) is 0 Å². The lowest BCUT2D eigenvalue weighted by atomic mass is 9.97. The minimum atomic E-state index is -0.214. The predicted molar refractivity (Wildman–Crippen MR) is 102 cm³/mol. The van der Waals surface area contributed by atoms with Crippen molar-refractivity contribution in [2.24, 2.45) is 0 Å². The van der Waals surface area contributed by atoms with Gasteiger partial charge in [-0.1, -0.05) is 12.1 Å². The molecule has 0 saturated heterocycles. The number of aryl methyl sites for hydroxylation is 3. The monoisotopic (exact) mass is 354 g/mol. The molecule has 5 nitrogen and oxygen atoms in total. The van der Waals surface area contributed by atoms with Crippen molar-refractivity contribution in [1.82, 2.24) is 9.97 Å². The van der Waals surface area contributed by atoms with E-state index in [0.29, 0.717) is 13.2 Å². The third-order valence-electron chi connectivity index (χ3n) is 4.08. The van der Waals surface area contributed by atoms with Gasteiger partial charge in [-0.05, 0) is 63.5 Å². The van der Waals surface area contributed by atoms with Crippen LogP contribution in [0.5, 0.6) is 5.75 Å². The molecule has 0 radical (unpaired) electrons. The van der Waals surface area contributed by atoms with Crippen LogP contribution in [0.3, 0.4) is 0 Å². The highest BCUT2D eigenvalue weighted by Gasteiger charge is 2.12. The van der Waals surface area contributed by atoms with Gasteiger partial charge in [-0.3, -0.25) is 14.8 Å². The first-order valence-electron chi connectivity index (χ1n) is 8.78. The Hall–Kier alpha value is -2.69. The molecule has 1 heterocycles. The van der Waals surface area contributed by atoms with Crippen molar-refractivity contribution >= 4 is 11.5 Å². The molecule has 0 spiro atoms. The van der Waals surface area contributed by atoms with Gasteiger partial charge in [-0.2, -0.15) is 0 Å². The Labute approximate surface area is 155 Å². The Morgan fingerprint density at radius 1 is 1.23 bits per heavy atom. The van der Waals surface area contributed by atoms with Crippen molar-refractivity contribution in [3.63, 3.8) is 0 Å². The van der Waals surface area contributed by atoms with Gasteiger partial charge in [0.1, 0.15) is 12.4 Å². The molecule has 26 heavy (non-hydrogen) atoms. The molecular formula is C21H26N2O3. The molecule has 0 fully saturated rings. The van der Waals surface area contributed by atoms with Crippen molar-refractivity contribution in [3.8, 4) is 5.75 Å². The minimum absolute atomic E-state index is 0.214. The second-order valence-corrected chi connectivity index (χ2v) is 6.10. The van der Waals surface area contributed by atoms with Gasteiger partial charge in [-0.15, -0.1) is 0 Å². The molecule has 0 N–H and O–H groups in total. The number of carbonyl (C=O) groups is 1. The highest BCUT2D eigenvalue weighted by Crippen LogP contribution is 2.26. The number of esters is 1. The molecule has 0 aliphatic rings. The summed E-state index contributed by atoms with van der Waals surface area (Å²) in [5.41, 5.74) is 5.63. The van der Waals surface area contributed by atoms with Crippen molar-refractivity contribution in [2.75, 3.05) is 6.61 Å². The smallest absolute Gasteiger partial charge is 0.310 e. The highest BCUT2D eigenvalue weighted by molar-refractivity contribution is 5.86. The largest absolute Gasteiger partial charge is 0.487 e. The molecule has 2 aromatic rings. The molecule has 2 rings (SSSR count). The molecular weight excluding hydrogens is 328 g/mol. The molecule has 1 aromatic heterocycles. The fourth-order valence-electron chi connectivity index (χ4n) is 2.72. The average molecular weight is 354 g/mol. The summed E-state index contributed by atoms with van der Waals surface area (Å²) in [4.78, 5) is 20.6. The van der Waals surface area contributed by atoms with Gasteiger partial charge < -0.3 is 9.47 Å². The number of ether oxygens (including phenoxy) is 2. The van der Waals surface area contributed by atoms with Crippen LogP contribution in [0.1, 0.15) is 48.5 Å². The van der Waals surface area contributed by atoms with E-state index < -0.39 is 0 Å². The van der Waals surface area contributed by atoms with Crippen LogP contribution >= 0.6 is 0 Å². The van der Waals surface area contributed by atoms with E-state index in [1.54, 1.807) is 6.20 Å². The van der Waals surface area contributed by atoms with Crippen molar-refractivity contribution in [1.29, 1.82) is 0 Å². The Bertz CT molecular complexity index is 813. The maximum Gasteiger partial charge on any atom is 0.310 e. The van der Waals surface area contributed by atoms with E-state index in [1.807, 2.05) is 58.9 Å². The third kappa shape index (κ3) is 5.15. The highest BCUT2D eigenvalue weighted by atomic mass is 16.5. The minimum Gasteiger partial charge on any atom is -0.487 e. The lowest BCUT2D eigenvalue weighted by molar-refractivity contribution is -0.141. The van der Waals surface area contributed by atoms with E-state index in [0.717, 1.165) is 39.5 Å². The van der Waals surface area contributed by atoms with E-state index in [2.05, 4.69) is 9.97 Å². The number of benzene rings is 1. The summed E-state index contributed by atoms with van der Waals surface area (Å²) in [6, 6.07) is 5.86. The fourth-order valence-corrected chi connectivity index (χ4v) is 2.72. The maximum atomic E-state index is 11.8. The summed E-state index contributed by atoms with van der Waals surface area (Å²) >= 11 is 0. The van der Waals surface area contributed by atoms with Gasteiger partial charge in [0.2, 0.25) is 0 Å². The Balaban J connectivity index is 2.09. The number of hydrogen-bond donors (Lipinski definition) is 0. The normalized spacial score (nSPS) is 11.3. The number of hydrogen-bond acceptors (Lipinski definition) is 5. The molecule has 0 atom stereocenters. The van der Waals surface area contributed by atoms with Gasteiger partial charge in [0, 0.05) is 6.20 Å². The van der Waals surface area contributed by atoms with Crippen LogP contribution in [0.2, 0.25) is 0 Å². The van der Waals surface area contributed by atoms with Gasteiger partial charge in [0.05, 0.1) is 30.1 Å². The first kappa shape index (κ1) is 19.6. The molecule has 0 aliphatic heterocycles.